The number of aromatic nitrogens is 2. The van der Waals surface area contributed by atoms with Crippen molar-refractivity contribution in [2.75, 3.05) is 5.32 Å². The fraction of sp³-hybridized carbons (Fsp3) is 0.133. The number of anilines is 1. The van der Waals surface area contributed by atoms with Crippen LogP contribution in [0.25, 0.3) is 5.65 Å². The number of benzene rings is 3. The van der Waals surface area contributed by atoms with Crippen LogP contribution in [0.15, 0.2) is 103 Å². The molecule has 1 N–H and O–H groups in total. The Morgan fingerprint density at radius 1 is 0.972 bits per heavy atom. The van der Waals surface area contributed by atoms with Crippen molar-refractivity contribution in [1.29, 1.82) is 0 Å². The van der Waals surface area contributed by atoms with Crippen molar-refractivity contribution in [2.45, 2.75) is 25.9 Å². The van der Waals surface area contributed by atoms with Gasteiger partial charge in [0, 0.05) is 30.4 Å². The van der Waals surface area contributed by atoms with Gasteiger partial charge >= 0.3 is 0 Å². The van der Waals surface area contributed by atoms with Gasteiger partial charge in [0.1, 0.15) is 12.4 Å². The molecule has 2 heterocycles. The van der Waals surface area contributed by atoms with Gasteiger partial charge in [0.25, 0.3) is 0 Å². The zero-order chi connectivity index (χ0) is 24.9. The zero-order valence-corrected chi connectivity index (χ0v) is 19.9. The Balaban J connectivity index is 1.46. The maximum Gasteiger partial charge on any atom is 0.225 e. The average molecular weight is 480 g/mol. The highest BCUT2D eigenvalue weighted by atomic mass is 19.1. The van der Waals surface area contributed by atoms with E-state index in [0.717, 1.165) is 11.1 Å². The van der Waals surface area contributed by atoms with Crippen molar-refractivity contribution in [3.8, 4) is 5.75 Å². The Kier molecular flexibility index (Phi) is 6.76. The van der Waals surface area contributed by atoms with Crippen LogP contribution in [-0.2, 0) is 11.4 Å². The van der Waals surface area contributed by atoms with Crippen molar-refractivity contribution >= 4 is 17.2 Å². The maximum atomic E-state index is 15.0. The molecule has 2 aromatic heterocycles. The lowest BCUT2D eigenvalue weighted by atomic mass is 9.91. The lowest BCUT2D eigenvalue weighted by Crippen LogP contribution is -2.18. The van der Waals surface area contributed by atoms with E-state index in [1.54, 1.807) is 24.4 Å². The van der Waals surface area contributed by atoms with Crippen molar-refractivity contribution in [3.05, 3.63) is 132 Å². The molecular weight excluding hydrogens is 453 g/mol. The number of nitrogens with one attached hydrogen (secondary N) is 1. The number of carbonyl (C=O) groups is 1. The molecule has 3 aromatic carbocycles. The third-order valence-corrected chi connectivity index (χ3v) is 6.13. The van der Waals surface area contributed by atoms with E-state index < -0.39 is 5.92 Å². The quantitative estimate of drug-likeness (QED) is 0.276. The van der Waals surface area contributed by atoms with Crippen LogP contribution in [0.5, 0.6) is 5.75 Å². The standard InChI is InChI=1S/C30H26FN3O2/c1-21-13-15-23(16-14-21)33-29(35)18-25(24-10-5-6-11-26(24)31)27-19-32-30-28(12-7-17-34(27)30)36-20-22-8-3-2-4-9-22/h2-17,19,25H,18,20H2,1H3,(H,33,35). The molecular formula is C30H26FN3O2. The van der Waals surface area contributed by atoms with Gasteiger partial charge in [-0.15, -0.1) is 0 Å². The normalized spacial score (nSPS) is 11.8. The number of nitrogens with zero attached hydrogens (tertiary/aromatic N) is 2. The second-order valence-corrected chi connectivity index (χ2v) is 8.72. The monoisotopic (exact) mass is 479 g/mol. The van der Waals surface area contributed by atoms with E-state index in [-0.39, 0.29) is 18.1 Å². The molecule has 1 atom stereocenters. The summed E-state index contributed by atoms with van der Waals surface area (Å²) in [5.74, 6) is -0.504. The van der Waals surface area contributed by atoms with E-state index in [9.17, 15) is 9.18 Å². The van der Waals surface area contributed by atoms with Crippen molar-refractivity contribution in [3.63, 3.8) is 0 Å². The summed E-state index contributed by atoms with van der Waals surface area (Å²) in [6.07, 6.45) is 3.61. The average Bonchev–Trinajstić information content (AvgIpc) is 3.33. The van der Waals surface area contributed by atoms with E-state index in [4.69, 9.17) is 4.74 Å². The minimum absolute atomic E-state index is 0.0533. The van der Waals surface area contributed by atoms with Crippen LogP contribution in [0.4, 0.5) is 10.1 Å². The van der Waals surface area contributed by atoms with E-state index in [1.807, 2.05) is 84.3 Å². The van der Waals surface area contributed by atoms with Gasteiger partial charge in [0.2, 0.25) is 5.91 Å². The first kappa shape index (κ1) is 23.3. The predicted octanol–water partition coefficient (Wildman–Crippen LogP) is 6.52. The molecule has 0 aliphatic heterocycles. The second-order valence-electron chi connectivity index (χ2n) is 8.72. The van der Waals surface area contributed by atoms with Crippen LogP contribution in [-0.4, -0.2) is 15.3 Å². The number of aryl methyl sites for hydroxylation is 1. The number of fused-ring (bicyclic) bond motifs is 1. The van der Waals surface area contributed by atoms with Crippen molar-refractivity contribution < 1.29 is 13.9 Å². The highest BCUT2D eigenvalue weighted by Crippen LogP contribution is 2.33. The highest BCUT2D eigenvalue weighted by Gasteiger charge is 2.25. The van der Waals surface area contributed by atoms with Gasteiger partial charge < -0.3 is 14.5 Å². The van der Waals surface area contributed by atoms with Gasteiger partial charge in [-0.3, -0.25) is 4.79 Å². The second kappa shape index (κ2) is 10.4. The Morgan fingerprint density at radius 3 is 2.50 bits per heavy atom. The Bertz CT molecular complexity index is 1480. The first-order chi connectivity index (χ1) is 17.6. The molecule has 0 aliphatic carbocycles. The number of hydrogen-bond acceptors (Lipinski definition) is 3. The van der Waals surface area contributed by atoms with Crippen LogP contribution in [0.3, 0.4) is 0 Å². The van der Waals surface area contributed by atoms with Gasteiger partial charge in [-0.25, -0.2) is 9.37 Å². The van der Waals surface area contributed by atoms with Crippen molar-refractivity contribution in [1.82, 2.24) is 9.38 Å². The summed E-state index contributed by atoms with van der Waals surface area (Å²) in [5, 5.41) is 2.93. The molecule has 0 radical (unpaired) electrons. The number of ether oxygens (including phenoxy) is 1. The van der Waals surface area contributed by atoms with Gasteiger partial charge in [0.15, 0.2) is 11.4 Å². The van der Waals surface area contributed by atoms with Crippen LogP contribution < -0.4 is 10.1 Å². The summed E-state index contributed by atoms with van der Waals surface area (Å²) in [6.45, 7) is 2.39. The largest absolute Gasteiger partial charge is 0.485 e. The van der Waals surface area contributed by atoms with Gasteiger partial charge in [-0.2, -0.15) is 0 Å². The number of carbonyl (C=O) groups excluding carboxylic acids is 1. The van der Waals surface area contributed by atoms with Crippen LogP contribution >= 0.6 is 0 Å². The summed E-state index contributed by atoms with van der Waals surface area (Å²) in [5.41, 5.74) is 4.61. The number of imidazole rings is 1. The molecule has 6 heteroatoms. The smallest absolute Gasteiger partial charge is 0.225 e. The number of rotatable bonds is 8. The number of halogens is 1. The molecule has 1 unspecified atom stereocenters. The molecule has 0 saturated heterocycles. The maximum absolute atomic E-state index is 15.0. The van der Waals surface area contributed by atoms with Gasteiger partial charge in [-0.05, 0) is 48.4 Å². The van der Waals surface area contributed by atoms with Gasteiger partial charge in [0.05, 0.1) is 5.69 Å². The third kappa shape index (κ3) is 5.13. The third-order valence-electron chi connectivity index (χ3n) is 6.13. The fourth-order valence-electron chi connectivity index (χ4n) is 4.28. The van der Waals surface area contributed by atoms with Crippen LogP contribution in [0.1, 0.15) is 34.7 Å². The number of hydrogen-bond donors (Lipinski definition) is 1. The lowest BCUT2D eigenvalue weighted by Gasteiger charge is -2.18. The van der Waals surface area contributed by atoms with E-state index in [2.05, 4.69) is 10.3 Å². The topological polar surface area (TPSA) is 55.6 Å². The lowest BCUT2D eigenvalue weighted by molar-refractivity contribution is -0.116. The molecule has 0 fully saturated rings. The molecule has 5 aromatic rings. The Hall–Kier alpha value is -4.45. The van der Waals surface area contributed by atoms with Crippen molar-refractivity contribution in [2.24, 2.45) is 0 Å². The Morgan fingerprint density at radius 2 is 1.72 bits per heavy atom. The highest BCUT2D eigenvalue weighted by molar-refractivity contribution is 5.91. The molecule has 36 heavy (non-hydrogen) atoms. The van der Waals surface area contributed by atoms with Crippen LogP contribution in [0.2, 0.25) is 0 Å². The van der Waals surface area contributed by atoms with E-state index in [1.165, 1.54) is 6.07 Å². The molecule has 1 amide bonds. The molecule has 0 bridgehead atoms. The van der Waals surface area contributed by atoms with Crippen LogP contribution in [0, 0.1) is 12.7 Å². The zero-order valence-electron chi connectivity index (χ0n) is 19.9. The summed E-state index contributed by atoms with van der Waals surface area (Å²) in [7, 11) is 0. The predicted molar refractivity (Wildman–Crippen MR) is 139 cm³/mol. The molecule has 180 valence electrons. The molecule has 0 aliphatic rings. The number of pyridine rings is 1. The number of amides is 1. The molecule has 5 rings (SSSR count). The molecule has 0 saturated carbocycles. The minimum Gasteiger partial charge on any atom is -0.485 e. The summed E-state index contributed by atoms with van der Waals surface area (Å²) < 4.78 is 22.9. The SMILES string of the molecule is Cc1ccc(NC(=O)CC(c2ccccc2F)c2cnc3c(OCc4ccccc4)cccn23)cc1. The Labute approximate surface area is 209 Å². The summed E-state index contributed by atoms with van der Waals surface area (Å²) in [6, 6.07) is 27.8. The van der Waals surface area contributed by atoms with Gasteiger partial charge in [-0.1, -0.05) is 66.2 Å². The minimum atomic E-state index is -0.545. The summed E-state index contributed by atoms with van der Waals surface area (Å²) >= 11 is 0. The van der Waals surface area contributed by atoms with E-state index >= 15 is 0 Å². The first-order valence-electron chi connectivity index (χ1n) is 11.8. The summed E-state index contributed by atoms with van der Waals surface area (Å²) in [4.78, 5) is 17.7. The molecule has 5 nitrogen and oxygen atoms in total. The fourth-order valence-corrected chi connectivity index (χ4v) is 4.28. The molecule has 0 spiro atoms. The van der Waals surface area contributed by atoms with E-state index in [0.29, 0.717) is 34.9 Å². The first-order valence-corrected chi connectivity index (χ1v) is 11.8.